The predicted octanol–water partition coefficient (Wildman–Crippen LogP) is 2.79. The molecule has 0 aliphatic carbocycles. The number of imide groups is 1. The van der Waals surface area contributed by atoms with Crippen LogP contribution in [-0.2, 0) is 25.5 Å². The first-order chi connectivity index (χ1) is 12.6. The maximum Gasteiger partial charge on any atom is 0.423 e. The maximum atomic E-state index is 12.7. The van der Waals surface area contributed by atoms with E-state index in [1.807, 2.05) is 36.4 Å². The minimum absolute atomic E-state index is 0.122. The molecule has 0 spiro atoms. The fourth-order valence-electron chi connectivity index (χ4n) is 2.70. The Bertz CT molecular complexity index is 845. The largest absolute Gasteiger partial charge is 0.467 e. The van der Waals surface area contributed by atoms with Crippen LogP contribution in [0.3, 0.4) is 0 Å². The Morgan fingerprint density at radius 2 is 1.69 bits per heavy atom. The summed E-state index contributed by atoms with van der Waals surface area (Å²) in [7, 11) is 1.22. The molecule has 6 nitrogen and oxygen atoms in total. The van der Waals surface area contributed by atoms with Crippen molar-refractivity contribution in [2.45, 2.75) is 12.5 Å². The lowest BCUT2D eigenvalue weighted by Crippen LogP contribution is -2.46. The van der Waals surface area contributed by atoms with Crippen LogP contribution in [0.5, 0.6) is 0 Å². The van der Waals surface area contributed by atoms with Gasteiger partial charge in [-0.1, -0.05) is 60.7 Å². The van der Waals surface area contributed by atoms with E-state index in [9.17, 15) is 14.4 Å². The van der Waals surface area contributed by atoms with Crippen LogP contribution in [0.15, 0.2) is 66.4 Å². The summed E-state index contributed by atoms with van der Waals surface area (Å²) in [5, 5.41) is 0. The van der Waals surface area contributed by atoms with E-state index in [-0.39, 0.29) is 12.2 Å². The van der Waals surface area contributed by atoms with Gasteiger partial charge in [-0.15, -0.1) is 0 Å². The summed E-state index contributed by atoms with van der Waals surface area (Å²) in [5.74, 6) is -1.46. The average Bonchev–Trinajstić information content (AvgIpc) is 2.94. The summed E-state index contributed by atoms with van der Waals surface area (Å²) in [5.41, 5.74) is 1.51. The van der Waals surface area contributed by atoms with Crippen molar-refractivity contribution in [3.05, 3.63) is 77.5 Å². The lowest BCUT2D eigenvalue weighted by atomic mass is 10.0. The van der Waals surface area contributed by atoms with Gasteiger partial charge in [0.1, 0.15) is 6.04 Å². The molecule has 1 aliphatic rings. The summed E-state index contributed by atoms with van der Waals surface area (Å²) in [6.07, 6.45) is 0.730. The Hall–Kier alpha value is -3.41. The van der Waals surface area contributed by atoms with Gasteiger partial charge in [0.05, 0.1) is 7.11 Å². The zero-order valence-corrected chi connectivity index (χ0v) is 14.1. The highest BCUT2D eigenvalue weighted by Gasteiger charge is 2.44. The van der Waals surface area contributed by atoms with Crippen molar-refractivity contribution in [2.24, 2.45) is 0 Å². The van der Waals surface area contributed by atoms with Crippen LogP contribution in [0, 0.1) is 0 Å². The molecule has 0 aromatic heterocycles. The molecule has 2 aromatic carbocycles. The summed E-state index contributed by atoms with van der Waals surface area (Å²) < 4.78 is 9.88. The van der Waals surface area contributed by atoms with Crippen molar-refractivity contribution in [2.75, 3.05) is 7.11 Å². The van der Waals surface area contributed by atoms with E-state index in [1.165, 1.54) is 13.2 Å². The van der Waals surface area contributed by atoms with Crippen LogP contribution in [0.2, 0.25) is 0 Å². The van der Waals surface area contributed by atoms with E-state index < -0.39 is 24.0 Å². The number of hydrogen-bond acceptors (Lipinski definition) is 5. The second-order valence-corrected chi connectivity index (χ2v) is 5.69. The predicted molar refractivity (Wildman–Crippen MR) is 93.7 cm³/mol. The van der Waals surface area contributed by atoms with E-state index in [1.54, 1.807) is 24.3 Å². The van der Waals surface area contributed by atoms with Crippen LogP contribution >= 0.6 is 0 Å². The van der Waals surface area contributed by atoms with E-state index in [0.29, 0.717) is 5.56 Å². The number of carbonyl (C=O) groups is 3. The van der Waals surface area contributed by atoms with E-state index in [0.717, 1.165) is 10.5 Å². The number of esters is 1. The first-order valence-corrected chi connectivity index (χ1v) is 8.04. The highest BCUT2D eigenvalue weighted by Crippen LogP contribution is 2.24. The number of amides is 2. The van der Waals surface area contributed by atoms with Crippen LogP contribution in [0.4, 0.5) is 4.79 Å². The van der Waals surface area contributed by atoms with Crippen LogP contribution in [0.25, 0.3) is 6.08 Å². The normalized spacial score (nSPS) is 16.5. The van der Waals surface area contributed by atoms with Gasteiger partial charge in [-0.05, 0) is 17.2 Å². The summed E-state index contributed by atoms with van der Waals surface area (Å²) in [4.78, 5) is 38.0. The highest BCUT2D eigenvalue weighted by molar-refractivity contribution is 6.12. The number of nitrogens with zero attached hydrogens (tertiary/aromatic N) is 1. The number of benzene rings is 2. The number of carbonyl (C=O) groups excluding carboxylic acids is 3. The van der Waals surface area contributed by atoms with Crippen LogP contribution in [-0.4, -0.2) is 36.0 Å². The summed E-state index contributed by atoms with van der Waals surface area (Å²) in [6, 6.07) is 17.0. The molecule has 1 aliphatic heterocycles. The SMILES string of the molecule is COC(=O)[C@H](Cc1ccccc1)N1C(=O)O/C(=C\c2ccccc2)C1=O. The highest BCUT2D eigenvalue weighted by atomic mass is 16.6. The van der Waals surface area contributed by atoms with E-state index in [2.05, 4.69) is 0 Å². The number of ether oxygens (including phenoxy) is 2. The molecule has 0 saturated carbocycles. The van der Waals surface area contributed by atoms with E-state index >= 15 is 0 Å². The first-order valence-electron chi connectivity index (χ1n) is 8.04. The minimum atomic E-state index is -1.09. The number of rotatable bonds is 5. The van der Waals surface area contributed by atoms with Gasteiger partial charge in [-0.2, -0.15) is 0 Å². The molecule has 0 radical (unpaired) electrons. The smallest absolute Gasteiger partial charge is 0.423 e. The number of hydrogen-bond donors (Lipinski definition) is 0. The van der Waals surface area contributed by atoms with Crippen molar-refractivity contribution >= 4 is 24.0 Å². The molecule has 1 saturated heterocycles. The van der Waals surface area contributed by atoms with Crippen molar-refractivity contribution in [1.29, 1.82) is 0 Å². The van der Waals surface area contributed by atoms with Gasteiger partial charge < -0.3 is 9.47 Å². The zero-order chi connectivity index (χ0) is 18.5. The molecule has 1 heterocycles. The molecule has 6 heteroatoms. The monoisotopic (exact) mass is 351 g/mol. The molecule has 0 bridgehead atoms. The molecule has 26 heavy (non-hydrogen) atoms. The fourth-order valence-corrected chi connectivity index (χ4v) is 2.70. The average molecular weight is 351 g/mol. The molecule has 0 N–H and O–H groups in total. The number of cyclic esters (lactones) is 1. The third-order valence-corrected chi connectivity index (χ3v) is 3.98. The third kappa shape index (κ3) is 3.64. The van der Waals surface area contributed by atoms with Gasteiger partial charge in [0.15, 0.2) is 5.76 Å². The second-order valence-electron chi connectivity index (χ2n) is 5.69. The Kier molecular flexibility index (Phi) is 5.12. The Morgan fingerprint density at radius 1 is 1.08 bits per heavy atom. The quantitative estimate of drug-likeness (QED) is 0.612. The molecule has 1 atom stereocenters. The molecular formula is C20H17NO5. The van der Waals surface area contributed by atoms with Gasteiger partial charge in [0.25, 0.3) is 5.91 Å². The standard InChI is InChI=1S/C20H17NO5/c1-25-19(23)16(12-14-8-4-2-5-9-14)21-18(22)17(26-20(21)24)13-15-10-6-3-7-11-15/h2-11,13,16H,12H2,1H3/b17-13-/t16-/m0/s1. The Labute approximate surface area is 150 Å². The maximum absolute atomic E-state index is 12.7. The Balaban J connectivity index is 1.89. The van der Waals surface area contributed by atoms with Crippen molar-refractivity contribution in [1.82, 2.24) is 4.90 Å². The van der Waals surface area contributed by atoms with E-state index in [4.69, 9.17) is 9.47 Å². The van der Waals surface area contributed by atoms with Crippen molar-refractivity contribution < 1.29 is 23.9 Å². The van der Waals surface area contributed by atoms with Gasteiger partial charge >= 0.3 is 12.1 Å². The molecule has 1 fully saturated rings. The fraction of sp³-hybridized carbons (Fsp3) is 0.150. The lowest BCUT2D eigenvalue weighted by molar-refractivity contribution is -0.148. The van der Waals surface area contributed by atoms with Crippen molar-refractivity contribution in [3.63, 3.8) is 0 Å². The first kappa shape index (κ1) is 17.4. The summed E-state index contributed by atoms with van der Waals surface area (Å²) >= 11 is 0. The van der Waals surface area contributed by atoms with Crippen molar-refractivity contribution in [3.8, 4) is 0 Å². The molecule has 2 amide bonds. The lowest BCUT2D eigenvalue weighted by Gasteiger charge is -2.21. The minimum Gasteiger partial charge on any atom is -0.467 e. The molecule has 2 aromatic rings. The summed E-state index contributed by atoms with van der Waals surface area (Å²) in [6.45, 7) is 0. The molecule has 3 rings (SSSR count). The zero-order valence-electron chi connectivity index (χ0n) is 14.1. The number of methoxy groups -OCH3 is 1. The van der Waals surface area contributed by atoms with Gasteiger partial charge in [-0.3, -0.25) is 4.79 Å². The third-order valence-electron chi connectivity index (χ3n) is 3.98. The van der Waals surface area contributed by atoms with Gasteiger partial charge in [0.2, 0.25) is 0 Å². The van der Waals surface area contributed by atoms with Crippen LogP contribution < -0.4 is 0 Å². The second kappa shape index (κ2) is 7.65. The molecule has 0 unspecified atom stereocenters. The van der Waals surface area contributed by atoms with Crippen LogP contribution in [0.1, 0.15) is 11.1 Å². The van der Waals surface area contributed by atoms with Gasteiger partial charge in [0, 0.05) is 6.42 Å². The van der Waals surface area contributed by atoms with Gasteiger partial charge in [-0.25, -0.2) is 14.5 Å². The molecular weight excluding hydrogens is 334 g/mol. The Morgan fingerprint density at radius 3 is 2.31 bits per heavy atom. The topological polar surface area (TPSA) is 72.9 Å². The molecule has 132 valence electrons.